The Hall–Kier alpha value is -4.38. The van der Waals surface area contributed by atoms with E-state index in [0.717, 1.165) is 58.0 Å². The SMILES string of the molecule is Cc1cc(-c2ccc(-n3nc(-c4ccncn4)c4c3[C@]3(C)CC(C#N)=C(O)[C@H](C)[C@H]3CC4)cc2)cnn1. The summed E-state index contributed by atoms with van der Waals surface area (Å²) in [6.45, 7) is 6.18. The summed E-state index contributed by atoms with van der Waals surface area (Å²) < 4.78 is 2.03. The standard InChI is InChI=1S/C29H27N7O/c1-17-12-20(15-33-34-17)19-4-6-22(7-5-19)36-28-23(26(35-36)25-10-11-31-16-32-25)8-9-24-18(2)27(37)21(14-30)13-29(24,28)3/h4-7,10-12,15-16,18,24,37H,8-9,13H2,1-3H3/t18-,24-,29-/m1/s1. The van der Waals surface area contributed by atoms with Gasteiger partial charge in [-0.3, -0.25) is 0 Å². The van der Waals surface area contributed by atoms with E-state index >= 15 is 0 Å². The molecule has 2 aliphatic carbocycles. The average Bonchev–Trinajstić information content (AvgIpc) is 3.32. The summed E-state index contributed by atoms with van der Waals surface area (Å²) in [6, 6.07) is 14.5. The van der Waals surface area contributed by atoms with Crippen molar-refractivity contribution in [3.8, 4) is 34.3 Å². The van der Waals surface area contributed by atoms with Gasteiger partial charge in [-0.25, -0.2) is 14.6 Å². The topological polar surface area (TPSA) is 113 Å². The lowest BCUT2D eigenvalue weighted by Crippen LogP contribution is -2.45. The van der Waals surface area contributed by atoms with Gasteiger partial charge in [0, 0.05) is 28.7 Å². The molecule has 3 atom stereocenters. The van der Waals surface area contributed by atoms with Gasteiger partial charge in [-0.1, -0.05) is 26.0 Å². The summed E-state index contributed by atoms with van der Waals surface area (Å²) in [5, 5.41) is 33.9. The van der Waals surface area contributed by atoms with E-state index in [1.54, 1.807) is 18.7 Å². The second-order valence-electron chi connectivity index (χ2n) is 10.3. The van der Waals surface area contributed by atoms with Crippen molar-refractivity contribution in [1.29, 1.82) is 5.26 Å². The predicted molar refractivity (Wildman–Crippen MR) is 139 cm³/mol. The van der Waals surface area contributed by atoms with Crippen molar-refractivity contribution < 1.29 is 5.11 Å². The van der Waals surface area contributed by atoms with Crippen LogP contribution in [0.3, 0.4) is 0 Å². The zero-order valence-corrected chi connectivity index (χ0v) is 21.0. The molecule has 184 valence electrons. The minimum atomic E-state index is -0.368. The van der Waals surface area contributed by atoms with Crippen LogP contribution >= 0.6 is 0 Å². The molecule has 3 aromatic heterocycles. The molecule has 2 aliphatic rings. The van der Waals surface area contributed by atoms with Gasteiger partial charge in [0.05, 0.1) is 40.6 Å². The maximum atomic E-state index is 10.8. The third kappa shape index (κ3) is 3.61. The van der Waals surface area contributed by atoms with Gasteiger partial charge < -0.3 is 5.11 Å². The first-order chi connectivity index (χ1) is 17.9. The average molecular weight is 490 g/mol. The van der Waals surface area contributed by atoms with Gasteiger partial charge in [-0.2, -0.15) is 20.6 Å². The molecule has 0 amide bonds. The first-order valence-electron chi connectivity index (χ1n) is 12.5. The number of aryl methyl sites for hydroxylation is 1. The second-order valence-corrected chi connectivity index (χ2v) is 10.3. The first kappa shape index (κ1) is 23.0. The zero-order valence-electron chi connectivity index (χ0n) is 21.0. The third-order valence-corrected chi connectivity index (χ3v) is 8.12. The fourth-order valence-electron chi connectivity index (χ4n) is 6.35. The smallest absolute Gasteiger partial charge is 0.116 e. The number of rotatable bonds is 3. The monoisotopic (exact) mass is 489 g/mol. The summed E-state index contributed by atoms with van der Waals surface area (Å²) in [4.78, 5) is 8.60. The van der Waals surface area contributed by atoms with Crippen molar-refractivity contribution in [2.75, 3.05) is 0 Å². The minimum Gasteiger partial charge on any atom is -0.511 e. The fourth-order valence-corrected chi connectivity index (χ4v) is 6.35. The van der Waals surface area contributed by atoms with Crippen LogP contribution in [-0.2, 0) is 11.8 Å². The summed E-state index contributed by atoms with van der Waals surface area (Å²) in [6.07, 6.45) is 7.26. The number of aromatic nitrogens is 6. The molecule has 0 aliphatic heterocycles. The Morgan fingerprint density at radius 2 is 1.97 bits per heavy atom. The molecule has 0 spiro atoms. The van der Waals surface area contributed by atoms with Crippen LogP contribution in [0.1, 0.15) is 43.6 Å². The largest absolute Gasteiger partial charge is 0.511 e. The van der Waals surface area contributed by atoms with Crippen molar-refractivity contribution in [3.63, 3.8) is 0 Å². The van der Waals surface area contributed by atoms with Crippen LogP contribution in [0.4, 0.5) is 0 Å². The molecular formula is C29H27N7O. The van der Waals surface area contributed by atoms with E-state index < -0.39 is 0 Å². The molecule has 3 heterocycles. The zero-order chi connectivity index (χ0) is 25.7. The Morgan fingerprint density at radius 1 is 1.16 bits per heavy atom. The summed E-state index contributed by atoms with van der Waals surface area (Å²) in [5.41, 5.74) is 7.84. The number of allylic oxidation sites excluding steroid dienone is 2. The summed E-state index contributed by atoms with van der Waals surface area (Å²) in [5.74, 6) is 0.328. The lowest BCUT2D eigenvalue weighted by Gasteiger charge is -2.47. The van der Waals surface area contributed by atoms with Crippen LogP contribution < -0.4 is 0 Å². The van der Waals surface area contributed by atoms with Crippen LogP contribution in [0.25, 0.3) is 28.2 Å². The van der Waals surface area contributed by atoms with Crippen molar-refractivity contribution >= 4 is 0 Å². The highest BCUT2D eigenvalue weighted by atomic mass is 16.3. The maximum Gasteiger partial charge on any atom is 0.116 e. The van der Waals surface area contributed by atoms with E-state index in [0.29, 0.717) is 12.0 Å². The Bertz CT molecular complexity index is 1570. The fraction of sp³-hybridized carbons (Fsp3) is 0.310. The molecule has 0 radical (unpaired) electrons. The van der Waals surface area contributed by atoms with E-state index in [4.69, 9.17) is 5.10 Å². The van der Waals surface area contributed by atoms with E-state index in [9.17, 15) is 10.4 Å². The van der Waals surface area contributed by atoms with E-state index in [1.807, 2.05) is 30.7 Å². The quantitative estimate of drug-likeness (QED) is 0.416. The molecule has 8 heteroatoms. The van der Waals surface area contributed by atoms with Crippen molar-refractivity contribution in [2.24, 2.45) is 11.8 Å². The van der Waals surface area contributed by atoms with Crippen molar-refractivity contribution in [2.45, 2.75) is 45.4 Å². The van der Waals surface area contributed by atoms with Crippen LogP contribution in [0.15, 0.2) is 66.5 Å². The number of benzene rings is 1. The van der Waals surface area contributed by atoms with Gasteiger partial charge in [0.1, 0.15) is 17.8 Å². The van der Waals surface area contributed by atoms with E-state index in [-0.39, 0.29) is 23.0 Å². The molecule has 1 aromatic carbocycles. The van der Waals surface area contributed by atoms with Gasteiger partial charge in [-0.05, 0) is 61.9 Å². The van der Waals surface area contributed by atoms with Gasteiger partial charge in [0.15, 0.2) is 0 Å². The molecule has 6 rings (SSSR count). The van der Waals surface area contributed by atoms with Crippen molar-refractivity contribution in [3.05, 3.63) is 83.4 Å². The van der Waals surface area contributed by atoms with Crippen LogP contribution in [0, 0.1) is 30.1 Å². The normalized spacial score (nSPS) is 22.8. The molecule has 0 bridgehead atoms. The van der Waals surface area contributed by atoms with Crippen LogP contribution in [-0.4, -0.2) is 35.1 Å². The molecule has 0 fully saturated rings. The Morgan fingerprint density at radius 3 is 2.68 bits per heavy atom. The number of nitrogens with zero attached hydrogens (tertiary/aromatic N) is 7. The highest BCUT2D eigenvalue weighted by molar-refractivity contribution is 5.66. The third-order valence-electron chi connectivity index (χ3n) is 8.12. The van der Waals surface area contributed by atoms with E-state index in [1.165, 1.54) is 0 Å². The lowest BCUT2D eigenvalue weighted by atomic mass is 9.56. The summed E-state index contributed by atoms with van der Waals surface area (Å²) in [7, 11) is 0. The molecular weight excluding hydrogens is 462 g/mol. The van der Waals surface area contributed by atoms with Crippen LogP contribution in [0.5, 0.6) is 0 Å². The first-order valence-corrected chi connectivity index (χ1v) is 12.5. The molecule has 37 heavy (non-hydrogen) atoms. The maximum absolute atomic E-state index is 10.8. The highest BCUT2D eigenvalue weighted by Crippen LogP contribution is 2.54. The highest BCUT2D eigenvalue weighted by Gasteiger charge is 2.51. The number of hydrogen-bond acceptors (Lipinski definition) is 7. The molecule has 1 N–H and O–H groups in total. The van der Waals surface area contributed by atoms with Gasteiger partial charge in [-0.15, -0.1) is 0 Å². The Kier molecular flexibility index (Phi) is 5.37. The molecule has 0 saturated carbocycles. The van der Waals surface area contributed by atoms with Gasteiger partial charge >= 0.3 is 0 Å². The molecule has 0 unspecified atom stereocenters. The number of aliphatic hydroxyl groups is 1. The number of aliphatic hydroxyl groups excluding tert-OH is 1. The number of hydrogen-bond donors (Lipinski definition) is 1. The van der Waals surface area contributed by atoms with Gasteiger partial charge in [0.25, 0.3) is 0 Å². The number of nitriles is 1. The second kappa shape index (κ2) is 8.63. The molecule has 4 aromatic rings. The van der Waals surface area contributed by atoms with E-state index in [2.05, 4.69) is 57.4 Å². The Balaban J connectivity index is 1.54. The number of fused-ring (bicyclic) bond motifs is 3. The minimum absolute atomic E-state index is 0.0998. The Labute approximate surface area is 215 Å². The molecule has 8 nitrogen and oxygen atoms in total. The van der Waals surface area contributed by atoms with Crippen molar-refractivity contribution in [1.82, 2.24) is 29.9 Å². The lowest BCUT2D eigenvalue weighted by molar-refractivity contribution is 0.134. The van der Waals surface area contributed by atoms with Crippen LogP contribution in [0.2, 0.25) is 0 Å². The molecule has 0 saturated heterocycles. The summed E-state index contributed by atoms with van der Waals surface area (Å²) >= 11 is 0. The van der Waals surface area contributed by atoms with Gasteiger partial charge in [0.2, 0.25) is 0 Å². The predicted octanol–water partition coefficient (Wildman–Crippen LogP) is 5.29.